The average Bonchev–Trinajstić information content (AvgIpc) is 2.45. The molecule has 0 spiro atoms. The van der Waals surface area contributed by atoms with Gasteiger partial charge < -0.3 is 0 Å². The molecule has 2 heteroatoms. The van der Waals surface area contributed by atoms with E-state index in [9.17, 15) is 4.39 Å². The van der Waals surface area contributed by atoms with E-state index >= 15 is 0 Å². The predicted molar refractivity (Wildman–Crippen MR) is 58.4 cm³/mol. The first-order valence-corrected chi connectivity index (χ1v) is 5.89. The van der Waals surface area contributed by atoms with Crippen molar-refractivity contribution in [2.24, 2.45) is 0 Å². The van der Waals surface area contributed by atoms with Crippen LogP contribution in [0.2, 0.25) is 0 Å². The summed E-state index contributed by atoms with van der Waals surface area (Å²) in [5.74, 6) is 0.619. The molecule has 1 saturated carbocycles. The second kappa shape index (κ2) is 3.06. The fraction of sp³-hybridized carbons (Fsp3) is 0.333. The highest BCUT2D eigenvalue weighted by Crippen LogP contribution is 2.42. The van der Waals surface area contributed by atoms with Gasteiger partial charge in [-0.15, -0.1) is 11.3 Å². The van der Waals surface area contributed by atoms with Crippen LogP contribution in [-0.4, -0.2) is 0 Å². The fourth-order valence-electron chi connectivity index (χ4n) is 2.06. The molecule has 1 aliphatic rings. The lowest BCUT2D eigenvalue weighted by molar-refractivity contribution is 0.423. The zero-order valence-corrected chi connectivity index (χ0v) is 8.61. The topological polar surface area (TPSA) is 0 Å². The molecule has 0 nitrogen and oxygen atoms in total. The molecule has 0 aliphatic heterocycles. The van der Waals surface area contributed by atoms with Crippen molar-refractivity contribution in [3.63, 3.8) is 0 Å². The van der Waals surface area contributed by atoms with Gasteiger partial charge in [-0.3, -0.25) is 0 Å². The predicted octanol–water partition coefficient (Wildman–Crippen LogP) is 4.31. The first kappa shape index (κ1) is 8.42. The largest absolute Gasteiger partial charge is 0.207 e. The van der Waals surface area contributed by atoms with Gasteiger partial charge in [0.1, 0.15) is 5.82 Å². The average molecular weight is 206 g/mol. The minimum Gasteiger partial charge on any atom is -0.207 e. The van der Waals surface area contributed by atoms with Gasteiger partial charge in [-0.25, -0.2) is 4.39 Å². The Bertz CT molecular complexity index is 468. The summed E-state index contributed by atoms with van der Waals surface area (Å²) in [4.78, 5) is 0. The third-order valence-corrected chi connectivity index (χ3v) is 4.08. The molecule has 0 radical (unpaired) electrons. The van der Waals surface area contributed by atoms with E-state index in [-0.39, 0.29) is 5.82 Å². The van der Waals surface area contributed by atoms with Crippen LogP contribution in [0.4, 0.5) is 4.39 Å². The second-order valence-corrected chi connectivity index (χ2v) is 4.87. The monoisotopic (exact) mass is 206 g/mol. The van der Waals surface area contributed by atoms with Gasteiger partial charge in [-0.05, 0) is 47.2 Å². The van der Waals surface area contributed by atoms with Crippen molar-refractivity contribution in [3.05, 3.63) is 35.0 Å². The zero-order chi connectivity index (χ0) is 9.54. The molecule has 1 aromatic carbocycles. The van der Waals surface area contributed by atoms with Gasteiger partial charge >= 0.3 is 0 Å². The Balaban J connectivity index is 2.16. The minimum absolute atomic E-state index is 0.125. The summed E-state index contributed by atoms with van der Waals surface area (Å²) in [5.41, 5.74) is 1.44. The van der Waals surface area contributed by atoms with Crippen LogP contribution < -0.4 is 0 Å². The van der Waals surface area contributed by atoms with Crippen LogP contribution in [0.25, 0.3) is 10.1 Å². The standard InChI is InChI=1S/C12H11FS/c13-9-4-5-10-11(8-2-1-3-8)7-14-12(10)6-9/h4-8H,1-3H2. The molecule has 0 unspecified atom stereocenters. The van der Waals surface area contributed by atoms with Crippen molar-refractivity contribution in [1.29, 1.82) is 0 Å². The van der Waals surface area contributed by atoms with Crippen molar-refractivity contribution >= 4 is 21.4 Å². The SMILES string of the molecule is Fc1ccc2c(C3CCC3)csc2c1. The van der Waals surface area contributed by atoms with Crippen molar-refractivity contribution in [2.75, 3.05) is 0 Å². The van der Waals surface area contributed by atoms with Crippen LogP contribution in [0.5, 0.6) is 0 Å². The molecule has 1 fully saturated rings. The highest BCUT2D eigenvalue weighted by atomic mass is 32.1. The molecular formula is C12H11FS. The van der Waals surface area contributed by atoms with E-state index in [1.165, 1.54) is 30.2 Å². The number of hydrogen-bond acceptors (Lipinski definition) is 1. The summed E-state index contributed by atoms with van der Waals surface area (Å²) < 4.78 is 14.0. The number of benzene rings is 1. The van der Waals surface area contributed by atoms with Gasteiger partial charge in [0.25, 0.3) is 0 Å². The highest BCUT2D eigenvalue weighted by Gasteiger charge is 2.22. The molecule has 2 aromatic rings. The van der Waals surface area contributed by atoms with Gasteiger partial charge in [0.15, 0.2) is 0 Å². The summed E-state index contributed by atoms with van der Waals surface area (Å²) >= 11 is 1.67. The Morgan fingerprint density at radius 2 is 2.14 bits per heavy atom. The first-order valence-electron chi connectivity index (χ1n) is 5.01. The summed E-state index contributed by atoms with van der Waals surface area (Å²) in [6.07, 6.45) is 3.97. The van der Waals surface area contributed by atoms with Crippen LogP contribution in [0.15, 0.2) is 23.6 Å². The molecule has 0 amide bonds. The maximum absolute atomic E-state index is 12.9. The highest BCUT2D eigenvalue weighted by molar-refractivity contribution is 7.17. The normalized spacial score (nSPS) is 17.2. The maximum atomic E-state index is 12.9. The number of hydrogen-bond donors (Lipinski definition) is 0. The molecule has 0 atom stereocenters. The molecule has 1 aromatic heterocycles. The molecular weight excluding hydrogens is 195 g/mol. The van der Waals surface area contributed by atoms with E-state index in [0.717, 1.165) is 10.6 Å². The molecule has 3 rings (SSSR count). The molecule has 0 N–H and O–H groups in total. The number of halogens is 1. The molecule has 0 saturated heterocycles. The number of rotatable bonds is 1. The summed E-state index contributed by atoms with van der Waals surface area (Å²) in [5, 5.41) is 3.47. The zero-order valence-electron chi connectivity index (χ0n) is 7.79. The van der Waals surface area contributed by atoms with Crippen LogP contribution >= 0.6 is 11.3 Å². The van der Waals surface area contributed by atoms with Gasteiger partial charge in [0, 0.05) is 4.70 Å². The first-order chi connectivity index (χ1) is 6.84. The molecule has 1 heterocycles. The van der Waals surface area contributed by atoms with E-state index in [2.05, 4.69) is 5.38 Å². The van der Waals surface area contributed by atoms with Gasteiger partial charge in [0.05, 0.1) is 0 Å². The van der Waals surface area contributed by atoms with Gasteiger partial charge in [-0.1, -0.05) is 12.5 Å². The van der Waals surface area contributed by atoms with Crippen molar-refractivity contribution < 1.29 is 4.39 Å². The second-order valence-electron chi connectivity index (χ2n) is 3.96. The third-order valence-electron chi connectivity index (χ3n) is 3.11. The Morgan fingerprint density at radius 1 is 1.29 bits per heavy atom. The van der Waals surface area contributed by atoms with Crippen molar-refractivity contribution in [2.45, 2.75) is 25.2 Å². The smallest absolute Gasteiger partial charge is 0.124 e. The number of thiophene rings is 1. The van der Waals surface area contributed by atoms with Crippen molar-refractivity contribution in [3.8, 4) is 0 Å². The Labute approximate surface area is 86.4 Å². The van der Waals surface area contributed by atoms with E-state index < -0.39 is 0 Å². The van der Waals surface area contributed by atoms with Crippen LogP contribution in [0.3, 0.4) is 0 Å². The summed E-state index contributed by atoms with van der Waals surface area (Å²) in [7, 11) is 0. The van der Waals surface area contributed by atoms with E-state index in [4.69, 9.17) is 0 Å². The third kappa shape index (κ3) is 1.17. The molecule has 0 bridgehead atoms. The minimum atomic E-state index is -0.125. The van der Waals surface area contributed by atoms with Crippen LogP contribution in [-0.2, 0) is 0 Å². The summed E-state index contributed by atoms with van der Waals surface area (Å²) in [6.45, 7) is 0. The Morgan fingerprint density at radius 3 is 2.86 bits per heavy atom. The van der Waals surface area contributed by atoms with Crippen LogP contribution in [0, 0.1) is 5.82 Å². The van der Waals surface area contributed by atoms with E-state index in [0.29, 0.717) is 0 Å². The van der Waals surface area contributed by atoms with Gasteiger partial charge in [-0.2, -0.15) is 0 Å². The lowest BCUT2D eigenvalue weighted by Gasteiger charge is -2.25. The van der Waals surface area contributed by atoms with Crippen LogP contribution in [0.1, 0.15) is 30.7 Å². The number of fused-ring (bicyclic) bond motifs is 1. The van der Waals surface area contributed by atoms with E-state index in [1.54, 1.807) is 23.5 Å². The van der Waals surface area contributed by atoms with E-state index in [1.807, 2.05) is 6.07 Å². The molecule has 14 heavy (non-hydrogen) atoms. The quantitative estimate of drug-likeness (QED) is 0.652. The lowest BCUT2D eigenvalue weighted by atomic mass is 9.80. The van der Waals surface area contributed by atoms with Gasteiger partial charge in [0.2, 0.25) is 0 Å². The fourth-order valence-corrected chi connectivity index (χ4v) is 3.12. The molecule has 1 aliphatic carbocycles. The summed E-state index contributed by atoms with van der Waals surface area (Å²) in [6, 6.07) is 5.13. The van der Waals surface area contributed by atoms with Crippen molar-refractivity contribution in [1.82, 2.24) is 0 Å². The molecule has 72 valence electrons. The lowest BCUT2D eigenvalue weighted by Crippen LogP contribution is -2.07. The maximum Gasteiger partial charge on any atom is 0.124 e. The Kier molecular flexibility index (Phi) is 1.84. The Hall–Kier alpha value is -0.890.